The smallest absolute Gasteiger partial charge is 0.418 e. The summed E-state index contributed by atoms with van der Waals surface area (Å²) in [5.41, 5.74) is -1.54. The third-order valence-electron chi connectivity index (χ3n) is 6.75. The number of alkyl halides is 3. The number of hydrogen-bond acceptors (Lipinski definition) is 6. The van der Waals surface area contributed by atoms with Gasteiger partial charge in [-0.05, 0) is 46.5 Å². The van der Waals surface area contributed by atoms with Crippen molar-refractivity contribution in [1.29, 1.82) is 0 Å². The molecule has 1 aromatic carbocycles. The van der Waals surface area contributed by atoms with Crippen LogP contribution in [0.25, 0.3) is 21.3 Å². The fraction of sp³-hybridized carbons (Fsp3) is 0.346. The molecular formula is C26H23ClF3N3O3S. The second-order valence-corrected chi connectivity index (χ2v) is 11.2. The third kappa shape index (κ3) is 4.62. The molecule has 1 aliphatic rings. The lowest BCUT2D eigenvalue weighted by atomic mass is 9.73. The van der Waals surface area contributed by atoms with Crippen molar-refractivity contribution >= 4 is 33.2 Å². The van der Waals surface area contributed by atoms with Crippen molar-refractivity contribution in [2.24, 2.45) is 0 Å². The lowest BCUT2D eigenvalue weighted by Gasteiger charge is -2.39. The number of pyridine rings is 1. The van der Waals surface area contributed by atoms with Crippen molar-refractivity contribution in [3.8, 4) is 16.9 Å². The van der Waals surface area contributed by atoms with E-state index in [0.717, 1.165) is 34.2 Å². The van der Waals surface area contributed by atoms with E-state index in [0.29, 0.717) is 24.3 Å². The Morgan fingerprint density at radius 1 is 1.19 bits per heavy atom. The van der Waals surface area contributed by atoms with E-state index in [2.05, 4.69) is 9.97 Å². The molecule has 1 atom stereocenters. The fourth-order valence-electron chi connectivity index (χ4n) is 4.98. The van der Waals surface area contributed by atoms with Crippen LogP contribution in [0.3, 0.4) is 0 Å². The van der Waals surface area contributed by atoms with Gasteiger partial charge in [-0.3, -0.25) is 4.79 Å². The van der Waals surface area contributed by atoms with Crippen LogP contribution in [-0.4, -0.2) is 38.0 Å². The summed E-state index contributed by atoms with van der Waals surface area (Å²) in [5, 5.41) is 12.7. The van der Waals surface area contributed by atoms with E-state index in [-0.39, 0.29) is 15.2 Å². The highest BCUT2D eigenvalue weighted by molar-refractivity contribution is 7.17. The first-order valence-corrected chi connectivity index (χ1v) is 12.8. The SMILES string of the molecule is CC(C)(CC(O)(Cn1cc(Cl)c(=O)c2sccc21)C(F)(F)F)c1cc(-c2cncnc2)cc2c1OCC2. The number of halogens is 4. The van der Waals surface area contributed by atoms with Crippen LogP contribution in [0.15, 0.2) is 53.3 Å². The van der Waals surface area contributed by atoms with Crippen molar-refractivity contribution in [2.45, 2.75) is 50.4 Å². The number of aliphatic hydroxyl groups is 1. The van der Waals surface area contributed by atoms with Gasteiger partial charge in [0.2, 0.25) is 5.43 Å². The van der Waals surface area contributed by atoms with E-state index in [1.54, 1.807) is 43.8 Å². The Morgan fingerprint density at radius 2 is 1.92 bits per heavy atom. The van der Waals surface area contributed by atoms with Gasteiger partial charge in [-0.1, -0.05) is 25.4 Å². The van der Waals surface area contributed by atoms with Crippen LogP contribution < -0.4 is 10.2 Å². The molecular weight excluding hydrogens is 527 g/mol. The summed E-state index contributed by atoms with van der Waals surface area (Å²) < 4.78 is 51.0. The summed E-state index contributed by atoms with van der Waals surface area (Å²) in [6.07, 6.45) is 0.816. The molecule has 0 bridgehead atoms. The Morgan fingerprint density at radius 3 is 2.62 bits per heavy atom. The van der Waals surface area contributed by atoms with Crippen molar-refractivity contribution in [1.82, 2.24) is 14.5 Å². The first-order chi connectivity index (χ1) is 17.4. The molecule has 0 amide bonds. The summed E-state index contributed by atoms with van der Waals surface area (Å²) in [7, 11) is 0. The highest BCUT2D eigenvalue weighted by Crippen LogP contribution is 2.47. The van der Waals surface area contributed by atoms with Gasteiger partial charge in [0.25, 0.3) is 0 Å². The Hall–Kier alpha value is -2.95. The Labute approximate surface area is 219 Å². The fourth-order valence-corrected chi connectivity index (χ4v) is 6.11. The Bertz CT molecular complexity index is 1540. The molecule has 5 rings (SSSR count). The number of rotatable bonds is 6. The predicted molar refractivity (Wildman–Crippen MR) is 136 cm³/mol. The second-order valence-electron chi connectivity index (χ2n) is 9.90. The average molecular weight is 550 g/mol. The van der Waals surface area contributed by atoms with E-state index in [4.69, 9.17) is 16.3 Å². The van der Waals surface area contributed by atoms with Crippen molar-refractivity contribution in [2.75, 3.05) is 6.61 Å². The van der Waals surface area contributed by atoms with Gasteiger partial charge in [0, 0.05) is 36.1 Å². The Kier molecular flexibility index (Phi) is 6.32. The van der Waals surface area contributed by atoms with E-state index in [9.17, 15) is 23.1 Å². The zero-order chi connectivity index (χ0) is 26.6. The summed E-state index contributed by atoms with van der Waals surface area (Å²) in [6, 6.07) is 5.27. The van der Waals surface area contributed by atoms with Crippen LogP contribution in [-0.2, 0) is 18.4 Å². The number of benzene rings is 1. The van der Waals surface area contributed by atoms with Crippen LogP contribution in [0.1, 0.15) is 31.4 Å². The lowest BCUT2D eigenvalue weighted by Crippen LogP contribution is -2.52. The van der Waals surface area contributed by atoms with Gasteiger partial charge in [0.1, 0.15) is 17.1 Å². The molecule has 0 radical (unpaired) electrons. The molecule has 3 aromatic heterocycles. The summed E-state index contributed by atoms with van der Waals surface area (Å²) in [4.78, 5) is 20.4. The van der Waals surface area contributed by atoms with Crippen molar-refractivity contribution < 1.29 is 23.0 Å². The van der Waals surface area contributed by atoms with Crippen LogP contribution in [0, 0.1) is 0 Å². The molecule has 37 heavy (non-hydrogen) atoms. The first-order valence-electron chi connectivity index (χ1n) is 11.5. The quantitative estimate of drug-likeness (QED) is 0.330. The van der Waals surface area contributed by atoms with Gasteiger partial charge in [-0.15, -0.1) is 11.3 Å². The molecule has 0 aliphatic carbocycles. The maximum atomic E-state index is 14.6. The number of ether oxygens (including phenoxy) is 1. The van der Waals surface area contributed by atoms with Gasteiger partial charge in [0.05, 0.1) is 23.4 Å². The first kappa shape index (κ1) is 25.7. The molecule has 6 nitrogen and oxygen atoms in total. The van der Waals surface area contributed by atoms with E-state index in [1.807, 2.05) is 6.07 Å². The molecule has 11 heteroatoms. The van der Waals surface area contributed by atoms with Crippen molar-refractivity contribution in [3.05, 3.63) is 74.9 Å². The normalized spacial score (nSPS) is 15.4. The molecule has 1 aliphatic heterocycles. The molecule has 0 saturated carbocycles. The van der Waals surface area contributed by atoms with Crippen LogP contribution >= 0.6 is 22.9 Å². The van der Waals surface area contributed by atoms with Gasteiger partial charge >= 0.3 is 6.18 Å². The number of nitrogens with zero attached hydrogens (tertiary/aromatic N) is 3. The minimum atomic E-state index is -4.98. The zero-order valence-corrected chi connectivity index (χ0v) is 21.5. The zero-order valence-electron chi connectivity index (χ0n) is 20.0. The van der Waals surface area contributed by atoms with Gasteiger partial charge < -0.3 is 14.4 Å². The molecule has 4 heterocycles. The molecule has 0 spiro atoms. The number of thiophene rings is 1. The van der Waals surface area contributed by atoms with Crippen LogP contribution in [0.4, 0.5) is 13.2 Å². The van der Waals surface area contributed by atoms with Crippen molar-refractivity contribution in [3.63, 3.8) is 0 Å². The van der Waals surface area contributed by atoms with Gasteiger partial charge in [-0.2, -0.15) is 13.2 Å². The highest BCUT2D eigenvalue weighted by Gasteiger charge is 2.56. The Balaban J connectivity index is 1.59. The molecule has 0 saturated heterocycles. The molecule has 4 aromatic rings. The molecule has 0 fully saturated rings. The summed E-state index contributed by atoms with van der Waals surface area (Å²) in [6.45, 7) is 2.90. The topological polar surface area (TPSA) is 77.2 Å². The van der Waals surface area contributed by atoms with Crippen LogP contribution in [0.2, 0.25) is 5.02 Å². The maximum absolute atomic E-state index is 14.6. The van der Waals surface area contributed by atoms with Gasteiger partial charge in [-0.25, -0.2) is 9.97 Å². The minimum absolute atomic E-state index is 0.206. The number of fused-ring (bicyclic) bond motifs is 2. The van der Waals surface area contributed by atoms with Gasteiger partial charge in [0.15, 0.2) is 5.60 Å². The molecule has 1 N–H and O–H groups in total. The lowest BCUT2D eigenvalue weighted by molar-refractivity contribution is -0.271. The van der Waals surface area contributed by atoms with E-state index in [1.165, 1.54) is 10.9 Å². The third-order valence-corrected chi connectivity index (χ3v) is 7.92. The average Bonchev–Trinajstić information content (AvgIpc) is 3.51. The number of aromatic nitrogens is 3. The largest absolute Gasteiger partial charge is 0.493 e. The van der Waals surface area contributed by atoms with E-state index >= 15 is 0 Å². The standard InChI is InChI=1S/C26H23ClF3N3O3S/c1-24(2,18-8-16(17-9-31-14-32-10-17)7-15-3-5-36-22(15)18)12-25(35,26(28,29)30)13-33-11-19(27)21(34)23-20(33)4-6-37-23/h4,6-11,14,35H,3,5,12-13H2,1-2H3. The summed E-state index contributed by atoms with van der Waals surface area (Å²) >= 11 is 7.14. The maximum Gasteiger partial charge on any atom is 0.418 e. The number of hydrogen-bond donors (Lipinski definition) is 1. The second kappa shape index (κ2) is 9.11. The monoisotopic (exact) mass is 549 g/mol. The summed E-state index contributed by atoms with van der Waals surface area (Å²) in [5.74, 6) is 0.543. The predicted octanol–water partition coefficient (Wildman–Crippen LogP) is 5.77. The molecule has 194 valence electrons. The minimum Gasteiger partial charge on any atom is -0.493 e. The van der Waals surface area contributed by atoms with E-state index < -0.39 is 35.6 Å². The molecule has 1 unspecified atom stereocenters. The van der Waals surface area contributed by atoms with Crippen LogP contribution in [0.5, 0.6) is 5.75 Å². The highest BCUT2D eigenvalue weighted by atomic mass is 35.5.